The van der Waals surface area contributed by atoms with E-state index in [0.717, 1.165) is 23.3 Å². The first-order chi connectivity index (χ1) is 16.9. The first-order valence-electron chi connectivity index (χ1n) is 11.4. The maximum Gasteiger partial charge on any atom is 0.325 e. The fraction of sp³-hybridized carbons (Fsp3) is 0.400. The average Bonchev–Trinajstić information content (AvgIpc) is 3.59. The maximum absolute atomic E-state index is 13.4. The Morgan fingerprint density at radius 2 is 1.91 bits per heavy atom. The first kappa shape index (κ1) is 22.8. The molecule has 3 heterocycles. The highest BCUT2D eigenvalue weighted by Gasteiger charge is 2.50. The van der Waals surface area contributed by atoms with Gasteiger partial charge in [0.25, 0.3) is 5.91 Å². The monoisotopic (exact) mass is 481 g/mol. The predicted molar refractivity (Wildman–Crippen MR) is 123 cm³/mol. The van der Waals surface area contributed by atoms with E-state index < -0.39 is 17.5 Å². The van der Waals surface area contributed by atoms with Crippen molar-refractivity contribution in [1.82, 2.24) is 15.1 Å². The molecule has 3 aliphatic heterocycles. The number of likely N-dealkylation sites (tertiary alicyclic amines) is 1. The minimum Gasteiger partial charge on any atom is -0.497 e. The lowest BCUT2D eigenvalue weighted by Gasteiger charge is -2.28. The van der Waals surface area contributed by atoms with Gasteiger partial charge in [0.2, 0.25) is 12.7 Å². The largest absolute Gasteiger partial charge is 0.497 e. The van der Waals surface area contributed by atoms with Crippen LogP contribution < -0.4 is 24.3 Å². The number of rotatable bonds is 6. The highest BCUT2D eigenvalue weighted by atomic mass is 16.7. The number of urea groups is 1. The standard InChI is InChI=1S/C25H27N3O7/c1-25(15-6-8-20-21(11-15)35-14-34-20)23(30)28(24(31)26-25)13-22(29)27-10-4-5-18(27)17-12-16(32-2)7-9-19(17)33-3/h6-9,11-12,18H,4-5,10,13-14H2,1-3H3,(H,26,31)/t18-,25+/m0/s1. The van der Waals surface area contributed by atoms with Crippen molar-refractivity contribution in [3.05, 3.63) is 47.5 Å². The third-order valence-electron chi connectivity index (χ3n) is 6.89. The van der Waals surface area contributed by atoms with Crippen molar-refractivity contribution in [3.8, 4) is 23.0 Å². The first-order valence-corrected chi connectivity index (χ1v) is 11.4. The molecule has 0 saturated carbocycles. The van der Waals surface area contributed by atoms with Crippen molar-refractivity contribution in [2.45, 2.75) is 31.3 Å². The van der Waals surface area contributed by atoms with Gasteiger partial charge in [-0.15, -0.1) is 0 Å². The van der Waals surface area contributed by atoms with Gasteiger partial charge in [0, 0.05) is 12.1 Å². The zero-order valence-corrected chi connectivity index (χ0v) is 19.8. The smallest absolute Gasteiger partial charge is 0.325 e. The summed E-state index contributed by atoms with van der Waals surface area (Å²) >= 11 is 0. The minimum absolute atomic E-state index is 0.103. The number of amides is 4. The predicted octanol–water partition coefficient (Wildman–Crippen LogP) is 2.56. The molecule has 10 nitrogen and oxygen atoms in total. The Hall–Kier alpha value is -3.95. The Bertz CT molecular complexity index is 1200. The lowest BCUT2D eigenvalue weighted by Crippen LogP contribution is -2.44. The van der Waals surface area contributed by atoms with Gasteiger partial charge in [-0.05, 0) is 55.7 Å². The summed E-state index contributed by atoms with van der Waals surface area (Å²) in [5, 5.41) is 2.74. The highest BCUT2D eigenvalue weighted by Crippen LogP contribution is 2.40. The van der Waals surface area contributed by atoms with Crippen LogP contribution in [0.15, 0.2) is 36.4 Å². The summed E-state index contributed by atoms with van der Waals surface area (Å²) < 4.78 is 21.6. The van der Waals surface area contributed by atoms with E-state index in [0.29, 0.717) is 35.1 Å². The number of hydrogen-bond donors (Lipinski definition) is 1. The molecule has 0 radical (unpaired) electrons. The molecule has 0 aliphatic carbocycles. The third-order valence-corrected chi connectivity index (χ3v) is 6.89. The van der Waals surface area contributed by atoms with Gasteiger partial charge in [-0.1, -0.05) is 6.07 Å². The second kappa shape index (κ2) is 8.68. The van der Waals surface area contributed by atoms with Crippen molar-refractivity contribution < 1.29 is 33.3 Å². The summed E-state index contributed by atoms with van der Waals surface area (Å²) in [6, 6.07) is 9.70. The molecule has 5 rings (SSSR count). The minimum atomic E-state index is -1.32. The molecule has 10 heteroatoms. The van der Waals surface area contributed by atoms with Crippen LogP contribution >= 0.6 is 0 Å². The van der Waals surface area contributed by atoms with Crippen molar-refractivity contribution in [2.24, 2.45) is 0 Å². The van der Waals surface area contributed by atoms with E-state index in [4.69, 9.17) is 18.9 Å². The molecule has 2 aromatic rings. The van der Waals surface area contributed by atoms with E-state index in [1.807, 2.05) is 12.1 Å². The van der Waals surface area contributed by atoms with Crippen LogP contribution in [-0.4, -0.2) is 61.7 Å². The molecule has 3 aliphatic rings. The van der Waals surface area contributed by atoms with Crippen LogP contribution in [0.5, 0.6) is 23.0 Å². The summed E-state index contributed by atoms with van der Waals surface area (Å²) in [6.45, 7) is 1.89. The lowest BCUT2D eigenvalue weighted by atomic mass is 9.91. The van der Waals surface area contributed by atoms with Gasteiger partial charge in [0.05, 0.1) is 20.3 Å². The fourth-order valence-electron chi connectivity index (χ4n) is 4.96. The van der Waals surface area contributed by atoms with E-state index in [2.05, 4.69) is 5.32 Å². The number of ether oxygens (including phenoxy) is 4. The summed E-state index contributed by atoms with van der Waals surface area (Å²) in [6.07, 6.45) is 1.54. The Kier molecular flexibility index (Phi) is 5.66. The fourth-order valence-corrected chi connectivity index (χ4v) is 4.96. The van der Waals surface area contributed by atoms with Crippen molar-refractivity contribution in [1.29, 1.82) is 0 Å². The van der Waals surface area contributed by atoms with E-state index in [9.17, 15) is 14.4 Å². The topological polar surface area (TPSA) is 107 Å². The van der Waals surface area contributed by atoms with Crippen molar-refractivity contribution in [3.63, 3.8) is 0 Å². The maximum atomic E-state index is 13.4. The summed E-state index contributed by atoms with van der Waals surface area (Å²) in [5.41, 5.74) is 0.0639. The second-order valence-corrected chi connectivity index (χ2v) is 8.87. The molecular formula is C25H27N3O7. The molecule has 2 aromatic carbocycles. The van der Waals surface area contributed by atoms with Gasteiger partial charge < -0.3 is 29.2 Å². The molecule has 0 bridgehead atoms. The molecular weight excluding hydrogens is 454 g/mol. The number of nitrogens with zero attached hydrogens (tertiary/aromatic N) is 2. The van der Waals surface area contributed by atoms with Crippen LogP contribution in [0, 0.1) is 0 Å². The lowest BCUT2D eigenvalue weighted by molar-refractivity contribution is -0.139. The molecule has 2 fully saturated rings. The van der Waals surface area contributed by atoms with Crippen LogP contribution in [0.1, 0.15) is 36.9 Å². The van der Waals surface area contributed by atoms with Crippen LogP contribution in [-0.2, 0) is 15.1 Å². The van der Waals surface area contributed by atoms with E-state index >= 15 is 0 Å². The molecule has 0 unspecified atom stereocenters. The molecule has 1 N–H and O–H groups in total. The molecule has 2 atom stereocenters. The third kappa shape index (κ3) is 3.78. The summed E-state index contributed by atoms with van der Waals surface area (Å²) in [5.74, 6) is 1.59. The zero-order valence-electron chi connectivity index (χ0n) is 19.8. The normalized spacial score (nSPS) is 23.0. The van der Waals surface area contributed by atoms with Gasteiger partial charge in [-0.3, -0.25) is 14.5 Å². The van der Waals surface area contributed by atoms with Crippen LogP contribution in [0.3, 0.4) is 0 Å². The van der Waals surface area contributed by atoms with Crippen LogP contribution in [0.25, 0.3) is 0 Å². The Labute approximate surface area is 202 Å². The summed E-state index contributed by atoms with van der Waals surface area (Å²) in [7, 11) is 3.16. The van der Waals surface area contributed by atoms with E-state index in [-0.39, 0.29) is 25.3 Å². The number of benzene rings is 2. The molecule has 0 aromatic heterocycles. The Morgan fingerprint density at radius 3 is 2.69 bits per heavy atom. The molecule has 2 saturated heterocycles. The van der Waals surface area contributed by atoms with Gasteiger partial charge >= 0.3 is 6.03 Å². The molecule has 35 heavy (non-hydrogen) atoms. The molecule has 184 valence electrons. The Balaban J connectivity index is 1.36. The average molecular weight is 482 g/mol. The summed E-state index contributed by atoms with van der Waals surface area (Å²) in [4.78, 5) is 42.3. The van der Waals surface area contributed by atoms with Crippen molar-refractivity contribution in [2.75, 3.05) is 34.1 Å². The second-order valence-electron chi connectivity index (χ2n) is 8.87. The van der Waals surface area contributed by atoms with E-state index in [1.54, 1.807) is 50.3 Å². The quantitative estimate of drug-likeness (QED) is 0.632. The van der Waals surface area contributed by atoms with Gasteiger partial charge in [0.1, 0.15) is 23.6 Å². The number of nitrogens with one attached hydrogen (secondary N) is 1. The van der Waals surface area contributed by atoms with E-state index in [1.165, 1.54) is 0 Å². The molecule has 4 amide bonds. The number of methoxy groups -OCH3 is 2. The SMILES string of the molecule is COc1ccc(OC)c([C@@H]2CCCN2C(=O)CN2C(=O)N[C@](C)(c3ccc4c(c3)OCO4)C2=O)c1. The molecule has 0 spiro atoms. The number of carbonyl (C=O) groups excluding carboxylic acids is 3. The van der Waals surface area contributed by atoms with Gasteiger partial charge in [-0.2, -0.15) is 0 Å². The Morgan fingerprint density at radius 1 is 1.11 bits per heavy atom. The van der Waals surface area contributed by atoms with Gasteiger partial charge in [0.15, 0.2) is 11.5 Å². The number of imide groups is 1. The zero-order chi connectivity index (χ0) is 24.7. The van der Waals surface area contributed by atoms with Gasteiger partial charge in [-0.25, -0.2) is 4.79 Å². The number of hydrogen-bond acceptors (Lipinski definition) is 7. The number of carbonyl (C=O) groups is 3. The highest BCUT2D eigenvalue weighted by molar-refractivity contribution is 6.09. The van der Waals surface area contributed by atoms with Crippen LogP contribution in [0.2, 0.25) is 0 Å². The number of fused-ring (bicyclic) bond motifs is 1. The van der Waals surface area contributed by atoms with Crippen LogP contribution in [0.4, 0.5) is 4.79 Å². The van der Waals surface area contributed by atoms with Crippen molar-refractivity contribution >= 4 is 17.8 Å².